The van der Waals surface area contributed by atoms with Gasteiger partial charge in [0.05, 0.1) is 50.4 Å². The Morgan fingerprint density at radius 1 is 0.333 bits per heavy atom. The number of para-hydroxylation sites is 4. The summed E-state index contributed by atoms with van der Waals surface area (Å²) in [6, 6.07) is 83.3. The molecule has 1 aliphatic heterocycles. The maximum absolute atomic E-state index is 5.45. The van der Waals surface area contributed by atoms with Crippen LogP contribution in [0, 0.1) is 0 Å². The van der Waals surface area contributed by atoms with Crippen LogP contribution in [-0.2, 0) is 5.41 Å². The molecule has 0 amide bonds. The van der Waals surface area contributed by atoms with Crippen molar-refractivity contribution in [1.82, 2.24) is 15.0 Å². The molecule has 2 aliphatic rings. The number of fused-ring (bicyclic) bond motifs is 15. The molecule has 1 spiro atoms. The van der Waals surface area contributed by atoms with Crippen LogP contribution in [-0.4, -0.2) is 15.0 Å². The number of anilines is 3. The molecule has 4 heterocycles. The Labute approximate surface area is 381 Å². The largest absolute Gasteiger partial charge is 0.310 e. The van der Waals surface area contributed by atoms with Gasteiger partial charge in [0, 0.05) is 43.9 Å². The second kappa shape index (κ2) is 14.1. The van der Waals surface area contributed by atoms with Crippen molar-refractivity contribution in [3.63, 3.8) is 0 Å². The summed E-state index contributed by atoms with van der Waals surface area (Å²) in [6.45, 7) is 0. The fraction of sp³-hybridized carbons (Fsp3) is 0.0161. The molecule has 9 aromatic carbocycles. The predicted octanol–water partition coefficient (Wildman–Crippen LogP) is 15.6. The Morgan fingerprint density at radius 3 is 1.55 bits per heavy atom. The number of hydrogen-bond acceptors (Lipinski definition) is 4. The number of rotatable bonds is 4. The molecular formula is C62H38N4. The van der Waals surface area contributed by atoms with E-state index in [1.54, 1.807) is 0 Å². The SMILES string of the molecule is c1ccc(-c2ccc3ccc4ccc(-c5ccc(-c6nc7ccccc7c7cc8c(cc67)-c6ccccc6C86c7ccccc7N(c7ccccc7)c7ccccc76)cc5)nc4c3n2)cc1. The predicted molar refractivity (Wildman–Crippen MR) is 272 cm³/mol. The first-order valence-corrected chi connectivity index (χ1v) is 22.6. The van der Waals surface area contributed by atoms with E-state index >= 15 is 0 Å². The Balaban J connectivity index is 0.954. The van der Waals surface area contributed by atoms with Crippen LogP contribution in [0.1, 0.15) is 22.3 Å². The standard InChI is InChI=1S/C62H38N4/c1-3-15-39(16-4-1)54-35-33-42-31-32-43-34-36-55(64-61(43)60(42)63-54)40-27-29-41(30-28-40)59-49-37-48-45-19-7-9-21-50(45)62(53(48)38-47(49)46-20-8-12-24-56(46)65-59)51-22-10-13-25-57(51)66(44-17-5-2-6-18-44)58-26-14-11-23-52(58)62/h1-38H. The van der Waals surface area contributed by atoms with Gasteiger partial charge in [-0.3, -0.25) is 0 Å². The van der Waals surface area contributed by atoms with Crippen LogP contribution >= 0.6 is 0 Å². The minimum absolute atomic E-state index is 0.554. The molecule has 0 saturated carbocycles. The fourth-order valence-electron chi connectivity index (χ4n) is 11.1. The molecule has 0 atom stereocenters. The molecule has 4 heteroatoms. The van der Waals surface area contributed by atoms with Crippen LogP contribution in [0.3, 0.4) is 0 Å². The van der Waals surface area contributed by atoms with Crippen molar-refractivity contribution in [1.29, 1.82) is 0 Å². The van der Waals surface area contributed by atoms with E-state index in [1.165, 1.54) is 50.1 Å². The van der Waals surface area contributed by atoms with E-state index in [0.717, 1.165) is 77.6 Å². The van der Waals surface area contributed by atoms with E-state index in [4.69, 9.17) is 15.0 Å². The Kier molecular flexibility index (Phi) is 7.87. The third-order valence-electron chi connectivity index (χ3n) is 14.0. The van der Waals surface area contributed by atoms with Crippen molar-refractivity contribution in [3.05, 3.63) is 253 Å². The second-order valence-electron chi connectivity index (χ2n) is 17.5. The van der Waals surface area contributed by atoms with Crippen LogP contribution in [0.4, 0.5) is 17.1 Å². The quantitative estimate of drug-likeness (QED) is 0.166. The van der Waals surface area contributed by atoms with Crippen molar-refractivity contribution in [2.45, 2.75) is 5.41 Å². The summed E-state index contributed by atoms with van der Waals surface area (Å²) in [5.41, 5.74) is 19.4. The third kappa shape index (κ3) is 5.24. The van der Waals surface area contributed by atoms with Crippen LogP contribution in [0.2, 0.25) is 0 Å². The van der Waals surface area contributed by atoms with Crippen molar-refractivity contribution in [2.75, 3.05) is 4.90 Å². The molecule has 0 unspecified atom stereocenters. The molecule has 4 nitrogen and oxygen atoms in total. The smallest absolute Gasteiger partial charge is 0.0972 e. The lowest BCUT2D eigenvalue weighted by atomic mass is 9.64. The second-order valence-corrected chi connectivity index (χ2v) is 17.5. The highest BCUT2D eigenvalue weighted by molar-refractivity contribution is 6.14. The number of benzene rings is 9. The van der Waals surface area contributed by atoms with Crippen LogP contribution in [0.15, 0.2) is 231 Å². The van der Waals surface area contributed by atoms with Crippen molar-refractivity contribution in [2.24, 2.45) is 0 Å². The zero-order chi connectivity index (χ0) is 43.3. The molecule has 0 fully saturated rings. The van der Waals surface area contributed by atoms with Crippen molar-refractivity contribution in [3.8, 4) is 44.9 Å². The van der Waals surface area contributed by atoms with Gasteiger partial charge < -0.3 is 4.90 Å². The molecule has 0 bridgehead atoms. The first-order valence-electron chi connectivity index (χ1n) is 22.6. The number of aromatic nitrogens is 3. The van der Waals surface area contributed by atoms with Crippen LogP contribution < -0.4 is 4.90 Å². The van der Waals surface area contributed by atoms with Gasteiger partial charge in [0.15, 0.2) is 0 Å². The van der Waals surface area contributed by atoms with E-state index in [1.807, 2.05) is 6.07 Å². The number of hydrogen-bond donors (Lipinski definition) is 0. The monoisotopic (exact) mass is 838 g/mol. The molecular weight excluding hydrogens is 801 g/mol. The Hall–Kier alpha value is -8.73. The average Bonchev–Trinajstić information content (AvgIpc) is 3.67. The summed E-state index contributed by atoms with van der Waals surface area (Å²) >= 11 is 0. The third-order valence-corrected chi connectivity index (χ3v) is 14.0. The minimum atomic E-state index is -0.554. The van der Waals surface area contributed by atoms with Crippen molar-refractivity contribution < 1.29 is 0 Å². The average molecular weight is 839 g/mol. The van der Waals surface area contributed by atoms with Gasteiger partial charge in [-0.25, -0.2) is 15.0 Å². The van der Waals surface area contributed by atoms with Crippen molar-refractivity contribution >= 4 is 60.5 Å². The molecule has 66 heavy (non-hydrogen) atoms. The lowest BCUT2D eigenvalue weighted by molar-refractivity contribution is 0.753. The molecule has 0 radical (unpaired) electrons. The summed E-state index contributed by atoms with van der Waals surface area (Å²) < 4.78 is 0. The molecule has 306 valence electrons. The van der Waals surface area contributed by atoms with E-state index < -0.39 is 5.41 Å². The van der Waals surface area contributed by atoms with Gasteiger partial charge in [-0.2, -0.15) is 0 Å². The molecule has 14 rings (SSSR count). The summed E-state index contributed by atoms with van der Waals surface area (Å²) in [7, 11) is 0. The number of nitrogens with zero attached hydrogens (tertiary/aromatic N) is 4. The molecule has 3 aromatic heterocycles. The highest BCUT2D eigenvalue weighted by Gasteiger charge is 2.51. The number of pyridine rings is 3. The van der Waals surface area contributed by atoms with Gasteiger partial charge in [-0.1, -0.05) is 176 Å². The van der Waals surface area contributed by atoms with Gasteiger partial charge in [0.2, 0.25) is 0 Å². The van der Waals surface area contributed by atoms with E-state index in [-0.39, 0.29) is 0 Å². The summed E-state index contributed by atoms with van der Waals surface area (Å²) in [4.78, 5) is 18.3. The lowest BCUT2D eigenvalue weighted by Crippen LogP contribution is -2.36. The summed E-state index contributed by atoms with van der Waals surface area (Å²) in [5.74, 6) is 0. The van der Waals surface area contributed by atoms with Gasteiger partial charge >= 0.3 is 0 Å². The zero-order valence-electron chi connectivity index (χ0n) is 35.7. The first kappa shape index (κ1) is 36.7. The first-order chi connectivity index (χ1) is 32.7. The fourth-order valence-corrected chi connectivity index (χ4v) is 11.1. The molecule has 1 aliphatic carbocycles. The van der Waals surface area contributed by atoms with E-state index in [0.29, 0.717) is 0 Å². The van der Waals surface area contributed by atoms with E-state index in [9.17, 15) is 0 Å². The maximum atomic E-state index is 5.45. The highest BCUT2D eigenvalue weighted by atomic mass is 15.2. The zero-order valence-corrected chi connectivity index (χ0v) is 35.7. The normalized spacial score (nSPS) is 13.2. The van der Waals surface area contributed by atoms with Gasteiger partial charge in [0.1, 0.15) is 0 Å². The maximum Gasteiger partial charge on any atom is 0.0972 e. The topological polar surface area (TPSA) is 41.9 Å². The van der Waals surface area contributed by atoms with Gasteiger partial charge in [0.25, 0.3) is 0 Å². The molecule has 0 N–H and O–H groups in total. The van der Waals surface area contributed by atoms with Gasteiger partial charge in [-0.05, 0) is 93.4 Å². The molecule has 12 aromatic rings. The van der Waals surface area contributed by atoms with Gasteiger partial charge in [-0.15, -0.1) is 0 Å². The Morgan fingerprint density at radius 2 is 0.864 bits per heavy atom. The summed E-state index contributed by atoms with van der Waals surface area (Å²) in [6.07, 6.45) is 0. The minimum Gasteiger partial charge on any atom is -0.310 e. The van der Waals surface area contributed by atoms with Crippen LogP contribution in [0.25, 0.3) is 88.4 Å². The van der Waals surface area contributed by atoms with E-state index in [2.05, 4.69) is 229 Å². The van der Waals surface area contributed by atoms with Crippen LogP contribution in [0.5, 0.6) is 0 Å². The lowest BCUT2D eigenvalue weighted by Gasteiger charge is -2.45. The molecule has 0 saturated heterocycles. The Bertz CT molecular complexity index is 3890. The summed E-state index contributed by atoms with van der Waals surface area (Å²) in [5, 5.41) is 5.60. The highest BCUT2D eigenvalue weighted by Crippen LogP contribution is 2.64.